The van der Waals surface area contributed by atoms with Crippen LogP contribution in [0.3, 0.4) is 0 Å². The number of nitrogens with zero attached hydrogens (tertiary/aromatic N) is 1. The number of nitrogen functional groups attached to an aromatic ring is 2. The molecule has 0 aliphatic heterocycles. The first-order chi connectivity index (χ1) is 6.73. The summed E-state index contributed by atoms with van der Waals surface area (Å²) in [6.07, 6.45) is -2.92. The number of anilines is 2. The zero-order chi connectivity index (χ0) is 11.8. The maximum absolute atomic E-state index is 12.3. The Kier molecular flexibility index (Phi) is 2.77. The lowest BCUT2D eigenvalue weighted by molar-refractivity contribution is 0.152. The van der Waals surface area contributed by atoms with Crippen molar-refractivity contribution in [3.63, 3.8) is 0 Å². The highest BCUT2D eigenvalue weighted by atomic mass is 32.2. The molecule has 9 heteroatoms. The number of aromatic nitrogens is 1. The summed E-state index contributed by atoms with van der Waals surface area (Å²) in [5, 5.41) is 4.09. The molecule has 0 saturated heterocycles. The molecule has 0 spiro atoms. The highest BCUT2D eigenvalue weighted by Crippen LogP contribution is 2.30. The summed E-state index contributed by atoms with van der Waals surface area (Å²) < 4.78 is 46.3. The van der Waals surface area contributed by atoms with Crippen molar-refractivity contribution >= 4 is 21.5 Å². The second-order valence-electron chi connectivity index (χ2n) is 2.69. The van der Waals surface area contributed by atoms with Crippen LogP contribution in [-0.4, -0.2) is 13.4 Å². The van der Waals surface area contributed by atoms with Crippen molar-refractivity contribution in [1.82, 2.24) is 4.98 Å². The molecule has 1 aromatic rings. The van der Waals surface area contributed by atoms with Crippen molar-refractivity contribution in [2.24, 2.45) is 5.14 Å². The maximum Gasteiger partial charge on any atom is 0.269 e. The number of sulfonamides is 1. The van der Waals surface area contributed by atoms with Gasteiger partial charge >= 0.3 is 0 Å². The van der Waals surface area contributed by atoms with E-state index in [0.29, 0.717) is 0 Å². The Labute approximate surface area is 84.1 Å². The molecule has 0 aliphatic carbocycles. The highest BCUT2D eigenvalue weighted by molar-refractivity contribution is 7.89. The van der Waals surface area contributed by atoms with Crippen LogP contribution in [0.1, 0.15) is 12.0 Å². The monoisotopic (exact) mass is 238 g/mol. The molecule has 1 aromatic heterocycles. The number of rotatable bonds is 2. The fourth-order valence-corrected chi connectivity index (χ4v) is 1.47. The van der Waals surface area contributed by atoms with Crippen LogP contribution in [-0.2, 0) is 10.0 Å². The third-order valence-electron chi connectivity index (χ3n) is 1.61. The molecule has 15 heavy (non-hydrogen) atoms. The molecular formula is C6H8F2N4O2S. The minimum absolute atomic E-state index is 0.457. The van der Waals surface area contributed by atoms with Crippen molar-refractivity contribution in [2.75, 3.05) is 11.5 Å². The Hall–Kier alpha value is -1.48. The fourth-order valence-electron chi connectivity index (χ4n) is 0.953. The molecule has 0 bridgehead atoms. The van der Waals surface area contributed by atoms with Crippen LogP contribution in [0.2, 0.25) is 0 Å². The van der Waals surface area contributed by atoms with Crippen LogP contribution in [0.5, 0.6) is 0 Å². The van der Waals surface area contributed by atoms with Gasteiger partial charge in [-0.1, -0.05) is 0 Å². The quantitative estimate of drug-likeness (QED) is 0.659. The van der Waals surface area contributed by atoms with E-state index in [4.69, 9.17) is 16.6 Å². The van der Waals surface area contributed by atoms with Gasteiger partial charge in [0.2, 0.25) is 0 Å². The molecule has 0 fully saturated rings. The van der Waals surface area contributed by atoms with E-state index in [1.807, 2.05) is 0 Å². The summed E-state index contributed by atoms with van der Waals surface area (Å²) in [6, 6.07) is 0.743. The van der Waals surface area contributed by atoms with E-state index in [-0.39, 0.29) is 0 Å². The van der Waals surface area contributed by atoms with Crippen LogP contribution in [0.15, 0.2) is 11.1 Å². The molecule has 0 unspecified atom stereocenters. The lowest BCUT2D eigenvalue weighted by Gasteiger charge is -2.08. The van der Waals surface area contributed by atoms with Gasteiger partial charge in [0.15, 0.2) is 5.03 Å². The lowest BCUT2D eigenvalue weighted by Crippen LogP contribution is -2.16. The number of hydrogen-bond acceptors (Lipinski definition) is 5. The van der Waals surface area contributed by atoms with Gasteiger partial charge < -0.3 is 11.5 Å². The molecule has 0 radical (unpaired) electrons. The summed E-state index contributed by atoms with van der Waals surface area (Å²) >= 11 is 0. The Morgan fingerprint density at radius 1 is 1.33 bits per heavy atom. The van der Waals surface area contributed by atoms with Crippen molar-refractivity contribution in [1.29, 1.82) is 0 Å². The molecule has 1 heterocycles. The largest absolute Gasteiger partial charge is 0.398 e. The van der Waals surface area contributed by atoms with Gasteiger partial charge in [-0.05, 0) is 0 Å². The lowest BCUT2D eigenvalue weighted by atomic mass is 10.2. The van der Waals surface area contributed by atoms with E-state index in [1.165, 1.54) is 0 Å². The summed E-state index contributed by atoms with van der Waals surface area (Å²) in [7, 11) is -4.11. The highest BCUT2D eigenvalue weighted by Gasteiger charge is 2.20. The van der Waals surface area contributed by atoms with E-state index in [1.54, 1.807) is 0 Å². The molecule has 0 aromatic carbocycles. The summed E-state index contributed by atoms with van der Waals surface area (Å²) in [5.74, 6) is -0.644. The number of halogens is 2. The summed E-state index contributed by atoms with van der Waals surface area (Å²) in [5.41, 5.74) is 9.18. The van der Waals surface area contributed by atoms with Gasteiger partial charge in [0.05, 0.1) is 5.56 Å². The first kappa shape index (κ1) is 11.6. The fraction of sp³-hybridized carbons (Fsp3) is 0.167. The van der Waals surface area contributed by atoms with Gasteiger partial charge in [-0.25, -0.2) is 27.3 Å². The van der Waals surface area contributed by atoms with Gasteiger partial charge in [0.25, 0.3) is 16.4 Å². The average molecular weight is 238 g/mol. The van der Waals surface area contributed by atoms with Crippen LogP contribution in [0, 0.1) is 0 Å². The Balaban J connectivity index is 3.45. The normalized spacial score (nSPS) is 12.0. The van der Waals surface area contributed by atoms with Crippen LogP contribution in [0.25, 0.3) is 0 Å². The predicted octanol–water partition coefficient (Wildman–Crippen LogP) is -0.169. The topological polar surface area (TPSA) is 125 Å². The van der Waals surface area contributed by atoms with E-state index in [0.717, 1.165) is 6.07 Å². The number of primary sulfonamides is 1. The Bertz CT molecular complexity index is 465. The number of nitrogens with two attached hydrogens (primary N) is 3. The van der Waals surface area contributed by atoms with E-state index >= 15 is 0 Å². The van der Waals surface area contributed by atoms with Gasteiger partial charge in [-0.15, -0.1) is 0 Å². The molecule has 6 N–H and O–H groups in total. The van der Waals surface area contributed by atoms with Crippen LogP contribution < -0.4 is 16.6 Å². The SMILES string of the molecule is Nc1cc(S(N)(=O)=O)nc(N)c1C(F)F. The molecule has 0 aliphatic rings. The van der Waals surface area contributed by atoms with Crippen molar-refractivity contribution in [3.8, 4) is 0 Å². The zero-order valence-electron chi connectivity index (χ0n) is 7.31. The van der Waals surface area contributed by atoms with Gasteiger partial charge in [-0.3, -0.25) is 0 Å². The molecule has 6 nitrogen and oxygen atoms in total. The van der Waals surface area contributed by atoms with Gasteiger partial charge in [-0.2, -0.15) is 0 Å². The molecule has 1 rings (SSSR count). The van der Waals surface area contributed by atoms with Crippen LogP contribution >= 0.6 is 0 Å². The van der Waals surface area contributed by atoms with Gasteiger partial charge in [0, 0.05) is 11.8 Å². The van der Waals surface area contributed by atoms with E-state index in [2.05, 4.69) is 4.98 Å². The predicted molar refractivity (Wildman–Crippen MR) is 49.4 cm³/mol. The third-order valence-corrected chi connectivity index (χ3v) is 2.40. The molecule has 0 atom stereocenters. The van der Waals surface area contributed by atoms with Crippen molar-refractivity contribution < 1.29 is 17.2 Å². The molecule has 0 amide bonds. The summed E-state index contributed by atoms with van der Waals surface area (Å²) in [6.45, 7) is 0. The number of hydrogen-bond donors (Lipinski definition) is 3. The standard InChI is InChI=1S/C6H8F2N4O2S/c7-5(8)4-2(9)1-3(12-6(4)10)15(11,13)14/h1,5H,(H4,9,10,12)(H2,11,13,14). The Morgan fingerprint density at radius 2 is 1.87 bits per heavy atom. The average Bonchev–Trinajstić information content (AvgIpc) is 1.99. The second-order valence-corrected chi connectivity index (χ2v) is 4.20. The number of alkyl halides is 2. The minimum atomic E-state index is -4.11. The first-order valence-electron chi connectivity index (χ1n) is 3.60. The van der Waals surface area contributed by atoms with Gasteiger partial charge in [0.1, 0.15) is 5.82 Å². The van der Waals surface area contributed by atoms with Crippen molar-refractivity contribution in [2.45, 2.75) is 11.5 Å². The van der Waals surface area contributed by atoms with E-state index < -0.39 is 38.5 Å². The zero-order valence-corrected chi connectivity index (χ0v) is 8.13. The smallest absolute Gasteiger partial charge is 0.269 e. The number of pyridine rings is 1. The summed E-state index contributed by atoms with van der Waals surface area (Å²) in [4.78, 5) is 3.23. The molecular weight excluding hydrogens is 230 g/mol. The Morgan fingerprint density at radius 3 is 2.20 bits per heavy atom. The third kappa shape index (κ3) is 2.30. The first-order valence-corrected chi connectivity index (χ1v) is 5.15. The second kappa shape index (κ2) is 3.59. The van der Waals surface area contributed by atoms with Crippen LogP contribution in [0.4, 0.5) is 20.3 Å². The minimum Gasteiger partial charge on any atom is -0.398 e. The molecule has 84 valence electrons. The maximum atomic E-state index is 12.3. The molecule has 0 saturated carbocycles. The van der Waals surface area contributed by atoms with Crippen molar-refractivity contribution in [3.05, 3.63) is 11.6 Å². The van der Waals surface area contributed by atoms with E-state index in [9.17, 15) is 17.2 Å².